The number of pyridine rings is 1. The first-order valence-electron chi connectivity index (χ1n) is 7.60. The van der Waals surface area contributed by atoms with E-state index in [0.29, 0.717) is 6.04 Å². The Hall–Kier alpha value is -0.930. The first-order chi connectivity index (χ1) is 9.28. The summed E-state index contributed by atoms with van der Waals surface area (Å²) in [6, 6.07) is 4.60. The second kappa shape index (κ2) is 6.49. The van der Waals surface area contributed by atoms with Crippen molar-refractivity contribution in [3.63, 3.8) is 0 Å². The van der Waals surface area contributed by atoms with Gasteiger partial charge in [-0.1, -0.05) is 19.9 Å². The molecule has 0 bridgehead atoms. The van der Waals surface area contributed by atoms with Crippen molar-refractivity contribution >= 4 is 0 Å². The molecule has 1 saturated heterocycles. The van der Waals surface area contributed by atoms with Crippen LogP contribution in [0.4, 0.5) is 0 Å². The van der Waals surface area contributed by atoms with Gasteiger partial charge in [-0.25, -0.2) is 0 Å². The molecule has 0 radical (unpaired) electrons. The lowest BCUT2D eigenvalue weighted by molar-refractivity contribution is 0.0646. The predicted octanol–water partition coefficient (Wildman–Crippen LogP) is 3.00. The molecule has 1 fully saturated rings. The van der Waals surface area contributed by atoms with E-state index in [2.05, 4.69) is 42.2 Å². The van der Waals surface area contributed by atoms with Crippen molar-refractivity contribution in [2.75, 3.05) is 20.1 Å². The highest BCUT2D eigenvalue weighted by atomic mass is 15.2. The molecule has 0 aromatic carbocycles. The third kappa shape index (κ3) is 2.67. The fourth-order valence-corrected chi connectivity index (χ4v) is 3.74. The highest BCUT2D eigenvalue weighted by molar-refractivity contribution is 5.20. The summed E-state index contributed by atoms with van der Waals surface area (Å²) in [7, 11) is 2.08. The van der Waals surface area contributed by atoms with Gasteiger partial charge in [-0.05, 0) is 57.5 Å². The number of likely N-dealkylation sites (N-methyl/N-ethyl adjacent to an activating group) is 1. The summed E-state index contributed by atoms with van der Waals surface area (Å²) in [5, 5.41) is 3.56. The number of hydrogen-bond donors (Lipinski definition) is 1. The zero-order chi connectivity index (χ0) is 13.7. The third-order valence-electron chi connectivity index (χ3n) is 4.80. The molecule has 106 valence electrons. The number of hydrogen-bond acceptors (Lipinski definition) is 3. The molecule has 1 aromatic rings. The van der Waals surface area contributed by atoms with E-state index >= 15 is 0 Å². The first kappa shape index (κ1) is 14.5. The van der Waals surface area contributed by atoms with E-state index in [1.54, 1.807) is 0 Å². The molecule has 2 heterocycles. The molecule has 3 heteroatoms. The largest absolute Gasteiger partial charge is 0.311 e. The summed E-state index contributed by atoms with van der Waals surface area (Å²) in [5.74, 6) is 0. The number of rotatable bonds is 6. The summed E-state index contributed by atoms with van der Waals surface area (Å²) in [6.07, 6.45) is 8.88. The Balaban J connectivity index is 2.35. The van der Waals surface area contributed by atoms with Crippen LogP contribution < -0.4 is 5.32 Å². The number of likely N-dealkylation sites (tertiary alicyclic amines) is 1. The predicted molar refractivity (Wildman–Crippen MR) is 80.2 cm³/mol. The van der Waals surface area contributed by atoms with Gasteiger partial charge < -0.3 is 5.32 Å². The summed E-state index contributed by atoms with van der Waals surface area (Å²) in [4.78, 5) is 7.00. The Labute approximate surface area is 117 Å². The van der Waals surface area contributed by atoms with Crippen molar-refractivity contribution < 1.29 is 0 Å². The zero-order valence-corrected chi connectivity index (χ0v) is 12.5. The molecule has 1 N–H and O–H groups in total. The molecule has 0 saturated carbocycles. The van der Waals surface area contributed by atoms with E-state index in [9.17, 15) is 0 Å². The van der Waals surface area contributed by atoms with Gasteiger partial charge >= 0.3 is 0 Å². The van der Waals surface area contributed by atoms with E-state index in [1.807, 2.05) is 18.5 Å². The second-order valence-corrected chi connectivity index (χ2v) is 5.51. The minimum absolute atomic E-state index is 0.217. The lowest BCUT2D eigenvalue weighted by atomic mass is 9.79. The molecule has 1 atom stereocenters. The fourth-order valence-electron chi connectivity index (χ4n) is 3.74. The molecule has 1 aliphatic rings. The average Bonchev–Trinajstić information content (AvgIpc) is 3.00. The van der Waals surface area contributed by atoms with E-state index in [4.69, 9.17) is 0 Å². The van der Waals surface area contributed by atoms with Crippen molar-refractivity contribution in [1.29, 1.82) is 0 Å². The number of nitrogens with zero attached hydrogens (tertiary/aromatic N) is 2. The SMILES string of the molecule is CCC(CC)(C(NC)c1cccnc1)N1CCCC1. The maximum Gasteiger partial charge on any atom is 0.0519 e. The Kier molecular flexibility index (Phi) is 4.94. The van der Waals surface area contributed by atoms with Crippen molar-refractivity contribution in [3.05, 3.63) is 30.1 Å². The van der Waals surface area contributed by atoms with Crippen LogP contribution in [0, 0.1) is 0 Å². The summed E-state index contributed by atoms with van der Waals surface area (Å²) in [6.45, 7) is 7.12. The number of aromatic nitrogens is 1. The Morgan fingerprint density at radius 3 is 2.47 bits per heavy atom. The zero-order valence-electron chi connectivity index (χ0n) is 12.5. The van der Waals surface area contributed by atoms with Crippen molar-refractivity contribution in [3.8, 4) is 0 Å². The van der Waals surface area contributed by atoms with Gasteiger partial charge in [0.25, 0.3) is 0 Å². The van der Waals surface area contributed by atoms with Crippen LogP contribution in [0.25, 0.3) is 0 Å². The van der Waals surface area contributed by atoms with E-state index in [1.165, 1.54) is 44.3 Å². The fraction of sp³-hybridized carbons (Fsp3) is 0.688. The Morgan fingerprint density at radius 2 is 2.00 bits per heavy atom. The van der Waals surface area contributed by atoms with Crippen LogP contribution in [0.5, 0.6) is 0 Å². The second-order valence-electron chi connectivity index (χ2n) is 5.51. The summed E-state index contributed by atoms with van der Waals surface area (Å²) in [5.41, 5.74) is 1.52. The highest BCUT2D eigenvalue weighted by Gasteiger charge is 2.42. The molecule has 0 amide bonds. The summed E-state index contributed by atoms with van der Waals surface area (Å²) >= 11 is 0. The molecule has 1 aromatic heterocycles. The van der Waals surface area contributed by atoms with E-state index < -0.39 is 0 Å². The van der Waals surface area contributed by atoms with E-state index in [-0.39, 0.29) is 5.54 Å². The van der Waals surface area contributed by atoms with Crippen LogP contribution in [0.15, 0.2) is 24.5 Å². The van der Waals surface area contributed by atoms with Crippen LogP contribution in [-0.2, 0) is 0 Å². The Morgan fingerprint density at radius 1 is 1.32 bits per heavy atom. The molecule has 0 spiro atoms. The minimum atomic E-state index is 0.217. The maximum atomic E-state index is 4.30. The first-order valence-corrected chi connectivity index (χ1v) is 7.60. The van der Waals surface area contributed by atoms with Crippen molar-refractivity contribution in [2.45, 2.75) is 51.1 Å². The molecular formula is C16H27N3. The maximum absolute atomic E-state index is 4.30. The van der Waals surface area contributed by atoms with Crippen LogP contribution in [0.2, 0.25) is 0 Å². The smallest absolute Gasteiger partial charge is 0.0519 e. The third-order valence-corrected chi connectivity index (χ3v) is 4.80. The monoisotopic (exact) mass is 261 g/mol. The molecular weight excluding hydrogens is 234 g/mol. The molecule has 3 nitrogen and oxygen atoms in total. The standard InChI is InChI=1S/C16H27N3/c1-4-16(5-2,19-11-6-7-12-19)15(17-3)14-9-8-10-18-13-14/h8-10,13,15,17H,4-7,11-12H2,1-3H3. The van der Waals surface area contributed by atoms with Gasteiger partial charge in [0, 0.05) is 17.9 Å². The summed E-state index contributed by atoms with van der Waals surface area (Å²) < 4.78 is 0. The number of nitrogens with one attached hydrogen (secondary N) is 1. The van der Waals surface area contributed by atoms with Gasteiger partial charge in [0.2, 0.25) is 0 Å². The van der Waals surface area contributed by atoms with Gasteiger partial charge in [0.15, 0.2) is 0 Å². The van der Waals surface area contributed by atoms with Gasteiger partial charge in [0.05, 0.1) is 6.04 Å². The highest BCUT2D eigenvalue weighted by Crippen LogP contribution is 2.38. The normalized spacial score (nSPS) is 18.7. The van der Waals surface area contributed by atoms with Crippen LogP contribution in [-0.4, -0.2) is 35.6 Å². The van der Waals surface area contributed by atoms with Crippen LogP contribution >= 0.6 is 0 Å². The van der Waals surface area contributed by atoms with Crippen molar-refractivity contribution in [2.24, 2.45) is 0 Å². The van der Waals surface area contributed by atoms with Crippen molar-refractivity contribution in [1.82, 2.24) is 15.2 Å². The van der Waals surface area contributed by atoms with Crippen LogP contribution in [0.1, 0.15) is 51.1 Å². The van der Waals surface area contributed by atoms with Gasteiger partial charge in [-0.2, -0.15) is 0 Å². The molecule has 19 heavy (non-hydrogen) atoms. The molecule has 0 aliphatic carbocycles. The Bertz CT molecular complexity index is 367. The quantitative estimate of drug-likeness (QED) is 0.853. The lowest BCUT2D eigenvalue weighted by Gasteiger charge is -2.47. The average molecular weight is 261 g/mol. The topological polar surface area (TPSA) is 28.2 Å². The van der Waals surface area contributed by atoms with Gasteiger partial charge in [0.1, 0.15) is 0 Å². The molecule has 2 rings (SSSR count). The van der Waals surface area contributed by atoms with Gasteiger partial charge in [-0.15, -0.1) is 0 Å². The van der Waals surface area contributed by atoms with Gasteiger partial charge in [-0.3, -0.25) is 9.88 Å². The minimum Gasteiger partial charge on any atom is -0.311 e. The molecule has 1 unspecified atom stereocenters. The van der Waals surface area contributed by atoms with Crippen LogP contribution in [0.3, 0.4) is 0 Å². The van der Waals surface area contributed by atoms with E-state index in [0.717, 1.165) is 0 Å². The lowest BCUT2D eigenvalue weighted by Crippen LogP contribution is -2.54. The molecule has 1 aliphatic heterocycles.